The van der Waals surface area contributed by atoms with E-state index in [2.05, 4.69) is 51.4 Å². The molecule has 88 valence electrons. The molecule has 1 heterocycles. The van der Waals surface area contributed by atoms with Crippen LogP contribution in [0.4, 0.5) is 5.69 Å². The predicted octanol–water partition coefficient (Wildman–Crippen LogP) is 4.33. The van der Waals surface area contributed by atoms with Gasteiger partial charge >= 0.3 is 0 Å². The van der Waals surface area contributed by atoms with Gasteiger partial charge in [0, 0.05) is 22.9 Å². The van der Waals surface area contributed by atoms with Crippen molar-refractivity contribution in [1.29, 1.82) is 0 Å². The lowest BCUT2D eigenvalue weighted by Crippen LogP contribution is -2.06. The van der Waals surface area contributed by atoms with Crippen LogP contribution in [0.1, 0.15) is 24.1 Å². The molecule has 0 aliphatic heterocycles. The third-order valence-corrected chi connectivity index (χ3v) is 3.10. The largest absolute Gasteiger partial charge is 0.377 e. The SMILES string of the molecule is Cc1cncc(NC(C)c2cccc(Br)c2)c1. The Balaban J connectivity index is 2.14. The summed E-state index contributed by atoms with van der Waals surface area (Å²) in [7, 11) is 0. The predicted molar refractivity (Wildman–Crippen MR) is 75.2 cm³/mol. The normalized spacial score (nSPS) is 12.2. The lowest BCUT2D eigenvalue weighted by atomic mass is 10.1. The van der Waals surface area contributed by atoms with Gasteiger partial charge in [0.15, 0.2) is 0 Å². The first kappa shape index (κ1) is 12.1. The zero-order chi connectivity index (χ0) is 12.3. The standard InChI is InChI=1S/C14H15BrN2/c1-10-6-14(9-16-8-10)17-11(2)12-4-3-5-13(15)7-12/h3-9,11,17H,1-2H3. The molecule has 0 spiro atoms. The smallest absolute Gasteiger partial charge is 0.0534 e. The molecule has 1 aromatic heterocycles. The maximum atomic E-state index is 4.18. The van der Waals surface area contributed by atoms with Gasteiger partial charge in [-0.05, 0) is 43.2 Å². The fourth-order valence-electron chi connectivity index (χ4n) is 1.74. The Labute approximate surface area is 110 Å². The van der Waals surface area contributed by atoms with Crippen LogP contribution < -0.4 is 5.32 Å². The lowest BCUT2D eigenvalue weighted by Gasteiger charge is -2.16. The van der Waals surface area contributed by atoms with Crippen molar-refractivity contribution in [3.05, 3.63) is 58.3 Å². The quantitative estimate of drug-likeness (QED) is 0.910. The molecule has 0 saturated carbocycles. The summed E-state index contributed by atoms with van der Waals surface area (Å²) in [6.45, 7) is 4.19. The molecule has 2 rings (SSSR count). The summed E-state index contributed by atoms with van der Waals surface area (Å²) in [5, 5.41) is 3.44. The third-order valence-electron chi connectivity index (χ3n) is 2.61. The highest BCUT2D eigenvalue weighted by Gasteiger charge is 2.05. The Hall–Kier alpha value is -1.35. The lowest BCUT2D eigenvalue weighted by molar-refractivity contribution is 0.881. The average molecular weight is 291 g/mol. The second-order valence-corrected chi connectivity index (χ2v) is 5.09. The van der Waals surface area contributed by atoms with Gasteiger partial charge in [-0.15, -0.1) is 0 Å². The summed E-state index contributed by atoms with van der Waals surface area (Å²) in [5.41, 5.74) is 3.47. The van der Waals surface area contributed by atoms with E-state index in [0.29, 0.717) is 0 Å². The number of halogens is 1. The maximum Gasteiger partial charge on any atom is 0.0534 e. The van der Waals surface area contributed by atoms with Crippen LogP contribution in [0.5, 0.6) is 0 Å². The number of nitrogens with one attached hydrogen (secondary N) is 1. The van der Waals surface area contributed by atoms with Crippen molar-refractivity contribution in [2.24, 2.45) is 0 Å². The van der Waals surface area contributed by atoms with Gasteiger partial charge in [-0.25, -0.2) is 0 Å². The van der Waals surface area contributed by atoms with Crippen LogP contribution in [-0.4, -0.2) is 4.98 Å². The Morgan fingerprint density at radius 3 is 2.76 bits per heavy atom. The molecule has 3 heteroatoms. The molecule has 0 radical (unpaired) electrons. The Bertz CT molecular complexity index is 511. The molecule has 2 aromatic rings. The van der Waals surface area contributed by atoms with E-state index in [0.717, 1.165) is 15.7 Å². The molecule has 1 N–H and O–H groups in total. The number of hydrogen-bond acceptors (Lipinski definition) is 2. The fraction of sp³-hybridized carbons (Fsp3) is 0.214. The first-order valence-electron chi connectivity index (χ1n) is 5.59. The monoisotopic (exact) mass is 290 g/mol. The number of pyridine rings is 1. The van der Waals surface area contributed by atoms with Gasteiger partial charge in [0.2, 0.25) is 0 Å². The van der Waals surface area contributed by atoms with Gasteiger partial charge in [0.05, 0.1) is 5.69 Å². The number of nitrogens with zero attached hydrogens (tertiary/aromatic N) is 1. The minimum atomic E-state index is 0.260. The molecule has 1 unspecified atom stereocenters. The molecule has 0 aliphatic carbocycles. The second-order valence-electron chi connectivity index (χ2n) is 4.17. The molecule has 0 amide bonds. The van der Waals surface area contributed by atoms with Crippen LogP contribution in [0.15, 0.2) is 47.2 Å². The summed E-state index contributed by atoms with van der Waals surface area (Å²) >= 11 is 3.49. The van der Waals surface area contributed by atoms with Crippen molar-refractivity contribution in [3.8, 4) is 0 Å². The van der Waals surface area contributed by atoms with Crippen LogP contribution in [-0.2, 0) is 0 Å². The summed E-state index contributed by atoms with van der Waals surface area (Å²) in [4.78, 5) is 4.18. The van der Waals surface area contributed by atoms with E-state index < -0.39 is 0 Å². The highest BCUT2D eigenvalue weighted by Crippen LogP contribution is 2.21. The third kappa shape index (κ3) is 3.30. The van der Waals surface area contributed by atoms with Gasteiger partial charge in [0.1, 0.15) is 0 Å². The van der Waals surface area contributed by atoms with Crippen LogP contribution in [0.3, 0.4) is 0 Å². The number of aromatic nitrogens is 1. The Morgan fingerprint density at radius 2 is 2.06 bits per heavy atom. The molecule has 17 heavy (non-hydrogen) atoms. The number of benzene rings is 1. The zero-order valence-corrected chi connectivity index (χ0v) is 11.5. The molecule has 0 aliphatic rings. The van der Waals surface area contributed by atoms with Crippen molar-refractivity contribution in [2.45, 2.75) is 19.9 Å². The van der Waals surface area contributed by atoms with Gasteiger partial charge in [-0.2, -0.15) is 0 Å². The van der Waals surface area contributed by atoms with E-state index in [9.17, 15) is 0 Å². The molecule has 1 aromatic carbocycles. The van der Waals surface area contributed by atoms with Gasteiger partial charge in [-0.3, -0.25) is 4.98 Å². The highest BCUT2D eigenvalue weighted by atomic mass is 79.9. The molecule has 0 bridgehead atoms. The van der Waals surface area contributed by atoms with Crippen molar-refractivity contribution in [3.63, 3.8) is 0 Å². The van der Waals surface area contributed by atoms with Crippen LogP contribution in [0.2, 0.25) is 0 Å². The zero-order valence-electron chi connectivity index (χ0n) is 9.94. The number of rotatable bonds is 3. The molecule has 0 fully saturated rings. The van der Waals surface area contributed by atoms with Gasteiger partial charge < -0.3 is 5.32 Å². The number of hydrogen-bond donors (Lipinski definition) is 1. The van der Waals surface area contributed by atoms with E-state index in [-0.39, 0.29) is 6.04 Å². The molecule has 2 nitrogen and oxygen atoms in total. The minimum absolute atomic E-state index is 0.260. The molecule has 1 atom stereocenters. The van der Waals surface area contributed by atoms with Crippen molar-refractivity contribution in [2.75, 3.05) is 5.32 Å². The Morgan fingerprint density at radius 1 is 1.24 bits per heavy atom. The van der Waals surface area contributed by atoms with Crippen molar-refractivity contribution in [1.82, 2.24) is 4.98 Å². The minimum Gasteiger partial charge on any atom is -0.377 e. The van der Waals surface area contributed by atoms with E-state index in [1.165, 1.54) is 5.56 Å². The fourth-order valence-corrected chi connectivity index (χ4v) is 2.16. The molecular formula is C14H15BrN2. The van der Waals surface area contributed by atoms with E-state index in [1.807, 2.05) is 31.5 Å². The highest BCUT2D eigenvalue weighted by molar-refractivity contribution is 9.10. The van der Waals surface area contributed by atoms with Crippen LogP contribution in [0, 0.1) is 6.92 Å². The summed E-state index contributed by atoms with van der Waals surface area (Å²) in [5.74, 6) is 0. The van der Waals surface area contributed by atoms with E-state index in [1.54, 1.807) is 0 Å². The number of aryl methyl sites for hydroxylation is 1. The topological polar surface area (TPSA) is 24.9 Å². The number of anilines is 1. The van der Waals surface area contributed by atoms with Gasteiger partial charge in [-0.1, -0.05) is 28.1 Å². The first-order valence-corrected chi connectivity index (χ1v) is 6.38. The van der Waals surface area contributed by atoms with E-state index in [4.69, 9.17) is 0 Å². The molecule has 0 saturated heterocycles. The van der Waals surface area contributed by atoms with E-state index >= 15 is 0 Å². The Kier molecular flexibility index (Phi) is 3.79. The maximum absolute atomic E-state index is 4.18. The summed E-state index contributed by atoms with van der Waals surface area (Å²) in [6.07, 6.45) is 3.70. The van der Waals surface area contributed by atoms with Crippen LogP contribution >= 0.6 is 15.9 Å². The van der Waals surface area contributed by atoms with Gasteiger partial charge in [0.25, 0.3) is 0 Å². The van der Waals surface area contributed by atoms with Crippen LogP contribution in [0.25, 0.3) is 0 Å². The summed E-state index contributed by atoms with van der Waals surface area (Å²) < 4.78 is 1.10. The average Bonchev–Trinajstić information content (AvgIpc) is 2.29. The first-order chi connectivity index (χ1) is 8.15. The van der Waals surface area contributed by atoms with Crippen molar-refractivity contribution >= 4 is 21.6 Å². The van der Waals surface area contributed by atoms with Crippen molar-refractivity contribution < 1.29 is 0 Å². The molecular weight excluding hydrogens is 276 g/mol. The summed E-state index contributed by atoms with van der Waals surface area (Å²) in [6, 6.07) is 10.7. The second kappa shape index (κ2) is 5.32.